The van der Waals surface area contributed by atoms with Gasteiger partial charge in [-0.1, -0.05) is 0 Å². The van der Waals surface area contributed by atoms with Gasteiger partial charge in [0.05, 0.1) is 5.39 Å². The molecule has 0 saturated carbocycles. The molecule has 4 aromatic rings. The minimum absolute atomic E-state index is 0.0574. The van der Waals surface area contributed by atoms with Crippen LogP contribution in [0.5, 0.6) is 23.0 Å². The minimum atomic E-state index is -0.485. The number of aromatic nitrogens is 4. The highest BCUT2D eigenvalue weighted by molar-refractivity contribution is 6.06. The van der Waals surface area contributed by atoms with Crippen molar-refractivity contribution in [3.8, 4) is 40.1 Å². The molecule has 126 valence electrons. The van der Waals surface area contributed by atoms with E-state index in [1.165, 1.54) is 29.4 Å². The van der Waals surface area contributed by atoms with Gasteiger partial charge in [0.2, 0.25) is 5.95 Å². The Labute approximate surface area is 145 Å². The Hall–Kier alpha value is -3.94. The van der Waals surface area contributed by atoms with Crippen LogP contribution in [0.1, 0.15) is 0 Å². The Morgan fingerprint density at radius 3 is 2.50 bits per heavy atom. The molecule has 1 aliphatic heterocycles. The summed E-state index contributed by atoms with van der Waals surface area (Å²) >= 11 is 0. The van der Waals surface area contributed by atoms with Gasteiger partial charge >= 0.3 is 0 Å². The van der Waals surface area contributed by atoms with Crippen molar-refractivity contribution in [2.45, 2.75) is 0 Å². The molecule has 0 radical (unpaired) electrons. The molecular weight excluding hydrogens is 336 g/mol. The molecule has 0 amide bonds. The topological polar surface area (TPSA) is 110 Å². The number of phenols is 2. The zero-order valence-electron chi connectivity index (χ0n) is 13.1. The maximum absolute atomic E-state index is 13.0. The molecule has 0 aliphatic carbocycles. The first kappa shape index (κ1) is 14.4. The number of fused-ring (bicyclic) bond motifs is 2. The van der Waals surface area contributed by atoms with Crippen molar-refractivity contribution in [1.82, 2.24) is 19.5 Å². The molecule has 2 aromatic carbocycles. The molecule has 8 nitrogen and oxygen atoms in total. The zero-order chi connectivity index (χ0) is 17.8. The van der Waals surface area contributed by atoms with Crippen molar-refractivity contribution < 1.29 is 14.9 Å². The third-order valence-corrected chi connectivity index (χ3v) is 4.27. The molecule has 2 aromatic heterocycles. The lowest BCUT2D eigenvalue weighted by atomic mass is 9.96. The largest absolute Gasteiger partial charge is 0.508 e. The van der Waals surface area contributed by atoms with Crippen molar-refractivity contribution in [3.05, 3.63) is 59.5 Å². The second kappa shape index (κ2) is 5.03. The van der Waals surface area contributed by atoms with Crippen LogP contribution in [0, 0.1) is 0 Å². The summed E-state index contributed by atoms with van der Waals surface area (Å²) < 4.78 is 7.09. The van der Waals surface area contributed by atoms with Crippen molar-refractivity contribution in [3.63, 3.8) is 0 Å². The third-order valence-electron chi connectivity index (χ3n) is 4.27. The standard InChI is InChI=1S/C18H10N4O4/c23-9-1-3-13-10(5-9)11-6-22(18-20-7-19-8-21-18)17(25)16-12(24)2-4-14(26-13)15(11)16/h1-8,23-24H. The molecule has 0 atom stereocenters. The highest BCUT2D eigenvalue weighted by Crippen LogP contribution is 2.48. The summed E-state index contributed by atoms with van der Waals surface area (Å²) in [6.07, 6.45) is 4.14. The van der Waals surface area contributed by atoms with Gasteiger partial charge in [-0.2, -0.15) is 0 Å². The van der Waals surface area contributed by atoms with Gasteiger partial charge in [-0.05, 0) is 30.3 Å². The summed E-state index contributed by atoms with van der Waals surface area (Å²) in [5.74, 6) is 0.989. The summed E-state index contributed by atoms with van der Waals surface area (Å²) in [6.45, 7) is 0. The van der Waals surface area contributed by atoms with Gasteiger partial charge in [-0.25, -0.2) is 15.0 Å². The Bertz CT molecular complexity index is 1250. The van der Waals surface area contributed by atoms with Crippen molar-refractivity contribution in [1.29, 1.82) is 0 Å². The van der Waals surface area contributed by atoms with E-state index in [4.69, 9.17) is 4.74 Å². The first-order valence-corrected chi connectivity index (χ1v) is 7.68. The maximum Gasteiger partial charge on any atom is 0.269 e. The van der Waals surface area contributed by atoms with E-state index in [0.717, 1.165) is 0 Å². The number of hydrogen-bond donors (Lipinski definition) is 2. The van der Waals surface area contributed by atoms with Crippen molar-refractivity contribution >= 4 is 10.8 Å². The second-order valence-electron chi connectivity index (χ2n) is 5.77. The average molecular weight is 346 g/mol. The third kappa shape index (κ3) is 1.89. The summed E-state index contributed by atoms with van der Waals surface area (Å²) in [5, 5.41) is 20.8. The predicted molar refractivity (Wildman–Crippen MR) is 91.8 cm³/mol. The summed E-state index contributed by atoms with van der Waals surface area (Å²) in [6, 6.07) is 7.71. The lowest BCUT2D eigenvalue weighted by Gasteiger charge is -2.22. The lowest BCUT2D eigenvalue weighted by molar-refractivity contribution is 0.463. The molecule has 0 spiro atoms. The number of pyridine rings is 1. The number of benzene rings is 2. The van der Waals surface area contributed by atoms with E-state index in [-0.39, 0.29) is 22.8 Å². The number of phenolic OH excluding ortho intramolecular Hbond substituents is 2. The van der Waals surface area contributed by atoms with Gasteiger partial charge in [0.25, 0.3) is 5.56 Å². The highest BCUT2D eigenvalue weighted by atomic mass is 16.5. The van der Waals surface area contributed by atoms with Gasteiger partial charge < -0.3 is 14.9 Å². The van der Waals surface area contributed by atoms with Gasteiger partial charge in [-0.15, -0.1) is 0 Å². The number of rotatable bonds is 1. The maximum atomic E-state index is 13.0. The Kier molecular flexibility index (Phi) is 2.79. The van der Waals surface area contributed by atoms with Crippen LogP contribution in [-0.4, -0.2) is 29.7 Å². The molecule has 0 unspecified atom stereocenters. The SMILES string of the molecule is O=c1c2c(O)ccc3c2c(cn1-c1ncncn1)-c1cc(O)ccc1O3. The fraction of sp³-hybridized carbons (Fsp3) is 0. The van der Waals surface area contributed by atoms with Gasteiger partial charge in [0.1, 0.15) is 35.7 Å². The van der Waals surface area contributed by atoms with Gasteiger partial charge in [-0.3, -0.25) is 9.36 Å². The molecule has 0 bridgehead atoms. The van der Waals surface area contributed by atoms with E-state index in [9.17, 15) is 15.0 Å². The van der Waals surface area contributed by atoms with Crippen LogP contribution in [0.4, 0.5) is 0 Å². The van der Waals surface area contributed by atoms with Crippen LogP contribution in [0.15, 0.2) is 54.0 Å². The number of nitrogens with zero attached hydrogens (tertiary/aromatic N) is 4. The molecule has 8 heteroatoms. The average Bonchev–Trinajstić information content (AvgIpc) is 2.66. The molecule has 0 fully saturated rings. The molecule has 5 rings (SSSR count). The molecule has 1 aliphatic rings. The summed E-state index contributed by atoms with van der Waals surface area (Å²) in [7, 11) is 0. The fourth-order valence-corrected chi connectivity index (χ4v) is 3.16. The Morgan fingerprint density at radius 2 is 1.69 bits per heavy atom. The van der Waals surface area contributed by atoms with E-state index in [2.05, 4.69) is 15.0 Å². The van der Waals surface area contributed by atoms with Crippen LogP contribution in [-0.2, 0) is 0 Å². The van der Waals surface area contributed by atoms with E-state index in [0.29, 0.717) is 28.0 Å². The van der Waals surface area contributed by atoms with E-state index in [1.807, 2.05) is 0 Å². The second-order valence-corrected chi connectivity index (χ2v) is 5.77. The predicted octanol–water partition coefficient (Wildman–Crippen LogP) is 2.36. The minimum Gasteiger partial charge on any atom is -0.508 e. The van der Waals surface area contributed by atoms with Crippen LogP contribution >= 0.6 is 0 Å². The van der Waals surface area contributed by atoms with Crippen molar-refractivity contribution in [2.24, 2.45) is 0 Å². The number of hydrogen-bond acceptors (Lipinski definition) is 7. The number of ether oxygens (including phenoxy) is 1. The van der Waals surface area contributed by atoms with E-state index >= 15 is 0 Å². The smallest absolute Gasteiger partial charge is 0.269 e. The van der Waals surface area contributed by atoms with Gasteiger partial charge in [0.15, 0.2) is 0 Å². The Balaban J connectivity index is 1.98. The Morgan fingerprint density at radius 1 is 0.923 bits per heavy atom. The molecule has 26 heavy (non-hydrogen) atoms. The van der Waals surface area contributed by atoms with Gasteiger partial charge in [0, 0.05) is 22.7 Å². The quantitative estimate of drug-likeness (QED) is 0.479. The first-order valence-electron chi connectivity index (χ1n) is 7.68. The van der Waals surface area contributed by atoms with Crippen LogP contribution in [0.3, 0.4) is 0 Å². The zero-order valence-corrected chi connectivity index (χ0v) is 13.1. The van der Waals surface area contributed by atoms with Crippen LogP contribution in [0.2, 0.25) is 0 Å². The van der Waals surface area contributed by atoms with Crippen molar-refractivity contribution in [2.75, 3.05) is 0 Å². The molecule has 2 N–H and O–H groups in total. The van der Waals surface area contributed by atoms with E-state index < -0.39 is 5.56 Å². The van der Waals surface area contributed by atoms with Crippen LogP contribution < -0.4 is 10.3 Å². The fourth-order valence-electron chi connectivity index (χ4n) is 3.16. The normalized spacial score (nSPS) is 11.8. The van der Waals surface area contributed by atoms with E-state index in [1.54, 1.807) is 24.4 Å². The lowest BCUT2D eigenvalue weighted by Crippen LogP contribution is -2.21. The first-order chi connectivity index (χ1) is 12.6. The van der Waals surface area contributed by atoms with Crippen LogP contribution in [0.25, 0.3) is 27.8 Å². The molecular formula is C18H10N4O4. The molecule has 0 saturated heterocycles. The number of aromatic hydroxyl groups is 2. The summed E-state index contributed by atoms with van der Waals surface area (Å²) in [4.78, 5) is 24.8. The summed E-state index contributed by atoms with van der Waals surface area (Å²) in [5.41, 5.74) is 0.723. The monoisotopic (exact) mass is 346 g/mol. The highest BCUT2D eigenvalue weighted by Gasteiger charge is 2.25. The molecule has 3 heterocycles.